The number of rotatable bonds is 13. The van der Waals surface area contributed by atoms with Crippen molar-refractivity contribution in [3.63, 3.8) is 0 Å². The normalized spacial score (nSPS) is 25.0. The van der Waals surface area contributed by atoms with Crippen molar-refractivity contribution in [3.8, 4) is 0 Å². The molecule has 0 saturated carbocycles. The van der Waals surface area contributed by atoms with Crippen molar-refractivity contribution in [1.82, 2.24) is 19.5 Å². The van der Waals surface area contributed by atoms with Gasteiger partial charge in [0, 0.05) is 12.3 Å². The van der Waals surface area contributed by atoms with Crippen LogP contribution in [0.25, 0.3) is 11.2 Å². The first-order chi connectivity index (χ1) is 19.1. The molecule has 0 spiro atoms. The fourth-order valence-corrected chi connectivity index (χ4v) is 8.40. The van der Waals surface area contributed by atoms with E-state index >= 15 is 0 Å². The fourth-order valence-electron chi connectivity index (χ4n) is 3.34. The van der Waals surface area contributed by atoms with Gasteiger partial charge in [0.05, 0.1) is 19.4 Å². The summed E-state index contributed by atoms with van der Waals surface area (Å²) in [5, 5.41) is 23.9. The van der Waals surface area contributed by atoms with E-state index in [0.29, 0.717) is 18.3 Å². The molecule has 0 amide bonds. The topological polar surface area (TPSA) is 256 Å². The van der Waals surface area contributed by atoms with Gasteiger partial charge in [0.2, 0.25) is 0 Å². The first-order valence-electron chi connectivity index (χ1n) is 11.2. The second kappa shape index (κ2) is 13.0. The molecule has 0 radical (unpaired) electrons. The van der Waals surface area contributed by atoms with E-state index in [9.17, 15) is 46.9 Å². The molecule has 3 heterocycles. The minimum Gasteiger partial charge on any atom is -0.387 e. The van der Waals surface area contributed by atoms with Crippen LogP contribution in [0.1, 0.15) is 19.6 Å². The van der Waals surface area contributed by atoms with Crippen LogP contribution in [-0.4, -0.2) is 96.5 Å². The summed E-state index contributed by atoms with van der Waals surface area (Å²) in [5.41, 5.74) is 0.105. The summed E-state index contributed by atoms with van der Waals surface area (Å²) < 4.78 is 84.6. The SMILES string of the molecule is CCNc1nc(SCCC(F)(F)F)nc2c1ncn2[C@@H]1O[C@H](COP(=O)(O)OP(=O)(O)C(Cl)(Cl)P(=O)(O)O)[C@@H](O)[C@H]1O. The average molecular weight is 730 g/mol. The van der Waals surface area contributed by atoms with Gasteiger partial charge in [-0.05, 0) is 6.92 Å². The zero-order valence-corrected chi connectivity index (χ0v) is 25.8. The van der Waals surface area contributed by atoms with Gasteiger partial charge in [0.1, 0.15) is 18.3 Å². The third-order valence-electron chi connectivity index (χ3n) is 5.28. The maximum atomic E-state index is 12.6. The Bertz CT molecular complexity index is 1430. The van der Waals surface area contributed by atoms with Crippen molar-refractivity contribution in [2.24, 2.45) is 0 Å². The third kappa shape index (κ3) is 8.16. The molecule has 17 nitrogen and oxygen atoms in total. The highest BCUT2D eigenvalue weighted by Gasteiger charge is 2.62. The monoisotopic (exact) mass is 729 g/mol. The third-order valence-corrected chi connectivity index (χ3v) is 13.8. The van der Waals surface area contributed by atoms with E-state index in [1.165, 1.54) is 0 Å². The molecule has 1 fully saturated rings. The number of aliphatic hydroxyl groups excluding tert-OH is 2. The Labute approximate surface area is 248 Å². The van der Waals surface area contributed by atoms with E-state index in [0.717, 1.165) is 10.9 Å². The smallest absolute Gasteiger partial charge is 0.387 e. The van der Waals surface area contributed by atoms with Crippen LogP contribution in [0, 0.1) is 0 Å². The quantitative estimate of drug-likeness (QED) is 0.0676. The molecule has 2 aromatic heterocycles. The summed E-state index contributed by atoms with van der Waals surface area (Å²) in [6, 6.07) is 0. The molecule has 1 aliphatic rings. The van der Waals surface area contributed by atoms with Gasteiger partial charge in [-0.1, -0.05) is 35.0 Å². The largest absolute Gasteiger partial charge is 0.479 e. The summed E-state index contributed by atoms with van der Waals surface area (Å²) in [6.07, 6.45) is -11.1. The number of aliphatic hydroxyl groups is 2. The lowest BCUT2D eigenvalue weighted by molar-refractivity contribution is -0.129. The molecule has 2 unspecified atom stereocenters. The van der Waals surface area contributed by atoms with E-state index in [1.54, 1.807) is 6.92 Å². The summed E-state index contributed by atoms with van der Waals surface area (Å²) in [4.78, 5) is 50.1. The van der Waals surface area contributed by atoms with E-state index in [1.807, 2.05) is 0 Å². The first kappa shape index (κ1) is 35.9. The standard InChI is InChI=1S/C16H23Cl2F3N5O12P3S/c1-2-22-11-8-12(25-14(24-11)42-4-3-15(19,20)21)26(6-23-8)13-10(28)9(27)7(37-13)5-36-41(34,35)38-40(32,33)16(17,18)39(29,30)31/h6-7,9-10,13,27-28H,2-5H2,1H3,(H,32,33)(H,34,35)(H,22,24,25)(H2,29,30,31)/t7-,9-,10-,13-/m1/s1. The van der Waals surface area contributed by atoms with Crippen LogP contribution >= 0.6 is 58.0 Å². The Kier molecular flexibility index (Phi) is 11.1. The van der Waals surface area contributed by atoms with Gasteiger partial charge in [-0.15, -0.1) is 0 Å². The van der Waals surface area contributed by atoms with Crippen molar-refractivity contribution >= 4 is 75.0 Å². The average Bonchev–Trinajstić information content (AvgIpc) is 3.36. The number of fused-ring (bicyclic) bond motifs is 1. The van der Waals surface area contributed by atoms with Crippen LogP contribution in [-0.2, 0) is 27.3 Å². The van der Waals surface area contributed by atoms with Gasteiger partial charge in [-0.2, -0.15) is 13.2 Å². The van der Waals surface area contributed by atoms with Crippen LogP contribution in [0.3, 0.4) is 0 Å². The van der Waals surface area contributed by atoms with Crippen molar-refractivity contribution in [2.75, 3.05) is 24.2 Å². The van der Waals surface area contributed by atoms with Crippen LogP contribution in [0.4, 0.5) is 19.0 Å². The Morgan fingerprint density at radius 3 is 2.36 bits per heavy atom. The predicted octanol–water partition coefficient (Wildman–Crippen LogP) is 2.51. The molecule has 1 saturated heterocycles. The van der Waals surface area contributed by atoms with E-state index in [2.05, 4.69) is 29.1 Å². The summed E-state index contributed by atoms with van der Waals surface area (Å²) in [6.45, 7) is 0.968. The van der Waals surface area contributed by atoms with Gasteiger partial charge in [0.25, 0.3) is 0 Å². The molecule has 26 heteroatoms. The number of thioether (sulfide) groups is 1. The van der Waals surface area contributed by atoms with Crippen molar-refractivity contribution in [3.05, 3.63) is 6.33 Å². The lowest BCUT2D eigenvalue weighted by atomic mass is 10.1. The van der Waals surface area contributed by atoms with Crippen LogP contribution in [0.2, 0.25) is 0 Å². The van der Waals surface area contributed by atoms with Gasteiger partial charge in [-0.3, -0.25) is 18.2 Å². The highest BCUT2D eigenvalue weighted by atomic mass is 35.5. The lowest BCUT2D eigenvalue weighted by Gasteiger charge is -2.26. The number of halogens is 5. The molecule has 6 atom stereocenters. The van der Waals surface area contributed by atoms with Gasteiger partial charge in [-0.25, -0.2) is 23.8 Å². The van der Waals surface area contributed by atoms with Gasteiger partial charge < -0.3 is 39.8 Å². The number of aromatic nitrogens is 4. The second-order valence-electron chi connectivity index (χ2n) is 8.39. The van der Waals surface area contributed by atoms with Crippen LogP contribution in [0.5, 0.6) is 0 Å². The number of imidazole rings is 1. The summed E-state index contributed by atoms with van der Waals surface area (Å²) in [7, 11) is -17.4. The van der Waals surface area contributed by atoms with Crippen molar-refractivity contribution in [1.29, 1.82) is 0 Å². The number of hydrogen-bond donors (Lipinski definition) is 7. The number of alkyl halides is 5. The molecular weight excluding hydrogens is 707 g/mol. The number of hydrogen-bond acceptors (Lipinski definition) is 13. The summed E-state index contributed by atoms with van der Waals surface area (Å²) in [5.74, 6) is -0.247. The molecule has 3 rings (SSSR count). The highest BCUT2D eigenvalue weighted by molar-refractivity contribution is 7.99. The maximum absolute atomic E-state index is 12.6. The number of nitrogens with zero attached hydrogens (tertiary/aromatic N) is 4. The minimum atomic E-state index is -5.96. The second-order valence-corrected chi connectivity index (χ2v) is 17.5. The molecular formula is C16H23Cl2F3N5O12P3S. The number of ether oxygens (including phenoxy) is 1. The van der Waals surface area contributed by atoms with E-state index < -0.39 is 76.3 Å². The number of phosphoric acid groups is 1. The van der Waals surface area contributed by atoms with Crippen LogP contribution < -0.4 is 5.32 Å². The Morgan fingerprint density at radius 1 is 1.14 bits per heavy atom. The molecule has 240 valence electrons. The van der Waals surface area contributed by atoms with Crippen LogP contribution in [0.15, 0.2) is 11.5 Å². The molecule has 42 heavy (non-hydrogen) atoms. The first-order valence-corrected chi connectivity index (χ1v) is 17.7. The van der Waals surface area contributed by atoms with Crippen molar-refractivity contribution in [2.45, 2.75) is 53.0 Å². The number of anilines is 1. The zero-order chi connectivity index (χ0) is 31.9. The van der Waals surface area contributed by atoms with Gasteiger partial charge >= 0.3 is 33.0 Å². The fraction of sp³-hybridized carbons (Fsp3) is 0.688. The molecule has 0 bridgehead atoms. The molecule has 0 aromatic carbocycles. The summed E-state index contributed by atoms with van der Waals surface area (Å²) >= 11 is 11.1. The Balaban J connectivity index is 1.80. The van der Waals surface area contributed by atoms with E-state index in [4.69, 9.17) is 37.7 Å². The number of nitrogens with one attached hydrogen (secondary N) is 1. The zero-order valence-electron chi connectivity index (χ0n) is 20.8. The predicted molar refractivity (Wildman–Crippen MR) is 140 cm³/mol. The molecule has 7 N–H and O–H groups in total. The maximum Gasteiger partial charge on any atom is 0.479 e. The Morgan fingerprint density at radius 2 is 1.79 bits per heavy atom. The number of phosphoric ester groups is 1. The molecule has 1 aliphatic heterocycles. The lowest BCUT2D eigenvalue weighted by Crippen LogP contribution is -2.33. The molecule has 0 aliphatic carbocycles. The van der Waals surface area contributed by atoms with Crippen molar-refractivity contribution < 1.29 is 70.2 Å². The van der Waals surface area contributed by atoms with Gasteiger partial charge in [0.15, 0.2) is 28.4 Å². The Hall–Kier alpha value is -0.600. The van der Waals surface area contributed by atoms with E-state index in [-0.39, 0.29) is 22.1 Å². The molecule has 2 aromatic rings. The highest BCUT2D eigenvalue weighted by Crippen LogP contribution is 2.79. The minimum absolute atomic E-state index is 0.0244.